The molecule has 1 aliphatic rings. The van der Waals surface area contributed by atoms with Gasteiger partial charge in [-0.3, -0.25) is 4.79 Å². The van der Waals surface area contributed by atoms with Crippen LogP contribution in [0.4, 0.5) is 0 Å². The summed E-state index contributed by atoms with van der Waals surface area (Å²) in [6.45, 7) is 0.715. The molecule has 0 saturated heterocycles. The number of halogens is 1. The summed E-state index contributed by atoms with van der Waals surface area (Å²) in [4.78, 5) is 13.1. The Kier molecular flexibility index (Phi) is 5.80. The second-order valence-electron chi connectivity index (χ2n) is 4.57. The molecule has 102 valence electrons. The van der Waals surface area contributed by atoms with Gasteiger partial charge in [0, 0.05) is 28.1 Å². The van der Waals surface area contributed by atoms with E-state index in [1.807, 2.05) is 24.3 Å². The van der Waals surface area contributed by atoms with Crippen LogP contribution in [0.15, 0.2) is 41.3 Å². The van der Waals surface area contributed by atoms with Gasteiger partial charge in [-0.2, -0.15) is 0 Å². The van der Waals surface area contributed by atoms with Crippen molar-refractivity contribution in [3.63, 3.8) is 0 Å². The second-order valence-corrected chi connectivity index (χ2v) is 6.18. The zero-order chi connectivity index (χ0) is 13.5. The molecule has 0 aromatic heterocycles. The fraction of sp³-hybridized carbons (Fsp3) is 0.400. The first kappa shape index (κ1) is 14.5. The van der Waals surface area contributed by atoms with Crippen molar-refractivity contribution in [3.05, 3.63) is 41.4 Å². The standard InChI is InChI=1S/C15H18ClNOS/c16-13-6-8-14(9-7-13)19-11-10-17-15(18)12-4-2-1-3-5-12/h1-2,6-9,12H,3-5,10-11H2,(H,17,18). The normalized spacial score (nSPS) is 18.3. The van der Waals surface area contributed by atoms with E-state index in [0.29, 0.717) is 6.54 Å². The van der Waals surface area contributed by atoms with Crippen LogP contribution in [0, 0.1) is 5.92 Å². The quantitative estimate of drug-likeness (QED) is 0.507. The predicted octanol–water partition coefficient (Wildman–Crippen LogP) is 3.90. The first-order chi connectivity index (χ1) is 9.25. The van der Waals surface area contributed by atoms with Gasteiger partial charge in [0.25, 0.3) is 0 Å². The second kappa shape index (κ2) is 7.61. The number of thioether (sulfide) groups is 1. The maximum Gasteiger partial charge on any atom is 0.223 e. The number of allylic oxidation sites excluding steroid dienone is 2. The van der Waals surface area contributed by atoms with E-state index >= 15 is 0 Å². The Balaban J connectivity index is 1.65. The van der Waals surface area contributed by atoms with Gasteiger partial charge >= 0.3 is 0 Å². The number of carbonyl (C=O) groups is 1. The molecule has 0 fully saturated rings. The Labute approximate surface area is 123 Å². The predicted molar refractivity (Wildman–Crippen MR) is 81.7 cm³/mol. The van der Waals surface area contributed by atoms with Crippen molar-refractivity contribution in [2.75, 3.05) is 12.3 Å². The van der Waals surface area contributed by atoms with Gasteiger partial charge < -0.3 is 5.32 Å². The molecule has 1 N–H and O–H groups in total. The molecule has 0 spiro atoms. The largest absolute Gasteiger partial charge is 0.355 e. The first-order valence-corrected chi connectivity index (χ1v) is 7.93. The van der Waals surface area contributed by atoms with Crippen molar-refractivity contribution in [1.82, 2.24) is 5.32 Å². The Hall–Kier alpha value is -0.930. The summed E-state index contributed by atoms with van der Waals surface area (Å²) in [6, 6.07) is 7.77. The number of amides is 1. The minimum absolute atomic E-state index is 0.172. The van der Waals surface area contributed by atoms with Crippen molar-refractivity contribution in [2.24, 2.45) is 5.92 Å². The van der Waals surface area contributed by atoms with E-state index in [9.17, 15) is 4.79 Å². The lowest BCUT2D eigenvalue weighted by molar-refractivity contribution is -0.125. The Bertz CT molecular complexity index is 444. The highest BCUT2D eigenvalue weighted by Crippen LogP contribution is 2.20. The van der Waals surface area contributed by atoms with Crippen LogP contribution in [0.1, 0.15) is 19.3 Å². The number of nitrogens with one attached hydrogen (secondary N) is 1. The van der Waals surface area contributed by atoms with Gasteiger partial charge in [-0.05, 0) is 43.5 Å². The summed E-state index contributed by atoms with van der Waals surface area (Å²) in [7, 11) is 0. The van der Waals surface area contributed by atoms with Crippen LogP contribution in [-0.4, -0.2) is 18.2 Å². The maximum atomic E-state index is 11.9. The topological polar surface area (TPSA) is 29.1 Å². The van der Waals surface area contributed by atoms with Crippen LogP contribution in [0.2, 0.25) is 5.02 Å². The molecule has 2 rings (SSSR count). The van der Waals surface area contributed by atoms with Gasteiger partial charge in [0.2, 0.25) is 5.91 Å². The van der Waals surface area contributed by atoms with Crippen LogP contribution in [-0.2, 0) is 4.79 Å². The molecule has 1 unspecified atom stereocenters. The zero-order valence-electron chi connectivity index (χ0n) is 10.8. The highest BCUT2D eigenvalue weighted by atomic mass is 35.5. The number of benzene rings is 1. The molecule has 0 saturated carbocycles. The van der Waals surface area contributed by atoms with Crippen LogP contribution in [0.5, 0.6) is 0 Å². The zero-order valence-corrected chi connectivity index (χ0v) is 12.3. The number of hydrogen-bond donors (Lipinski definition) is 1. The third-order valence-corrected chi connectivity index (χ3v) is 4.39. The van der Waals surface area contributed by atoms with Crippen molar-refractivity contribution >= 4 is 29.3 Å². The molecule has 4 heteroatoms. The Morgan fingerprint density at radius 3 is 2.79 bits per heavy atom. The smallest absolute Gasteiger partial charge is 0.223 e. The van der Waals surface area contributed by atoms with Crippen LogP contribution in [0.3, 0.4) is 0 Å². The van der Waals surface area contributed by atoms with Gasteiger partial charge in [-0.25, -0.2) is 0 Å². The van der Waals surface area contributed by atoms with Gasteiger partial charge in [0.05, 0.1) is 0 Å². The molecule has 1 aromatic rings. The molecule has 19 heavy (non-hydrogen) atoms. The summed E-state index contributed by atoms with van der Waals surface area (Å²) >= 11 is 7.56. The van der Waals surface area contributed by atoms with E-state index in [1.165, 1.54) is 4.90 Å². The van der Waals surface area contributed by atoms with Gasteiger partial charge in [0.15, 0.2) is 0 Å². The minimum Gasteiger partial charge on any atom is -0.355 e. The lowest BCUT2D eigenvalue weighted by Crippen LogP contribution is -2.32. The lowest BCUT2D eigenvalue weighted by atomic mass is 9.94. The molecule has 2 nitrogen and oxygen atoms in total. The van der Waals surface area contributed by atoms with Crippen LogP contribution >= 0.6 is 23.4 Å². The third kappa shape index (κ3) is 4.92. The van der Waals surface area contributed by atoms with Crippen LogP contribution in [0.25, 0.3) is 0 Å². The SMILES string of the molecule is O=C(NCCSc1ccc(Cl)cc1)C1CC=CCC1. The summed E-state index contributed by atoms with van der Waals surface area (Å²) in [5.41, 5.74) is 0. The van der Waals surface area contributed by atoms with E-state index in [4.69, 9.17) is 11.6 Å². The molecule has 1 amide bonds. The van der Waals surface area contributed by atoms with E-state index in [1.54, 1.807) is 11.8 Å². The molecule has 0 heterocycles. The molecular formula is C15H18ClNOS. The van der Waals surface area contributed by atoms with E-state index < -0.39 is 0 Å². The lowest BCUT2D eigenvalue weighted by Gasteiger charge is -2.17. The van der Waals surface area contributed by atoms with Gasteiger partial charge in [0.1, 0.15) is 0 Å². The maximum absolute atomic E-state index is 11.9. The summed E-state index contributed by atoms with van der Waals surface area (Å²) in [6.07, 6.45) is 7.15. The molecule has 0 aliphatic heterocycles. The molecule has 0 radical (unpaired) electrons. The minimum atomic E-state index is 0.172. The summed E-state index contributed by atoms with van der Waals surface area (Å²) < 4.78 is 0. The van der Waals surface area contributed by atoms with Crippen molar-refractivity contribution in [1.29, 1.82) is 0 Å². The van der Waals surface area contributed by atoms with Gasteiger partial charge in [-0.1, -0.05) is 23.8 Å². The van der Waals surface area contributed by atoms with Gasteiger partial charge in [-0.15, -0.1) is 11.8 Å². The fourth-order valence-corrected chi connectivity index (χ4v) is 2.94. The van der Waals surface area contributed by atoms with E-state index in [-0.39, 0.29) is 11.8 Å². The third-order valence-electron chi connectivity index (χ3n) is 3.12. The van der Waals surface area contributed by atoms with E-state index in [0.717, 1.165) is 30.0 Å². The number of rotatable bonds is 5. The molecule has 1 aromatic carbocycles. The highest BCUT2D eigenvalue weighted by Gasteiger charge is 2.17. The first-order valence-electron chi connectivity index (χ1n) is 6.57. The van der Waals surface area contributed by atoms with E-state index in [2.05, 4.69) is 17.5 Å². The number of hydrogen-bond acceptors (Lipinski definition) is 2. The highest BCUT2D eigenvalue weighted by molar-refractivity contribution is 7.99. The average Bonchev–Trinajstić information content (AvgIpc) is 2.46. The van der Waals surface area contributed by atoms with Crippen molar-refractivity contribution in [3.8, 4) is 0 Å². The van der Waals surface area contributed by atoms with Crippen molar-refractivity contribution < 1.29 is 4.79 Å². The summed E-state index contributed by atoms with van der Waals surface area (Å²) in [5.74, 6) is 1.25. The molecular weight excluding hydrogens is 278 g/mol. The summed E-state index contributed by atoms with van der Waals surface area (Å²) in [5, 5.41) is 3.77. The average molecular weight is 296 g/mol. The molecule has 1 atom stereocenters. The molecule has 1 aliphatic carbocycles. The Morgan fingerprint density at radius 1 is 1.32 bits per heavy atom. The fourth-order valence-electron chi connectivity index (χ4n) is 2.05. The van der Waals surface area contributed by atoms with Crippen LogP contribution < -0.4 is 5.32 Å². The molecule has 0 bridgehead atoms. The van der Waals surface area contributed by atoms with Crippen molar-refractivity contribution in [2.45, 2.75) is 24.2 Å². The Morgan fingerprint density at radius 2 is 2.11 bits per heavy atom. The monoisotopic (exact) mass is 295 g/mol. The number of carbonyl (C=O) groups excluding carboxylic acids is 1.